The Balaban J connectivity index is 1.50. The highest BCUT2D eigenvalue weighted by Crippen LogP contribution is 2.33. The Morgan fingerprint density at radius 2 is 1.81 bits per heavy atom. The number of benzene rings is 1. The molecule has 0 bridgehead atoms. The average molecular weight is 409 g/mol. The van der Waals surface area contributed by atoms with Crippen molar-refractivity contribution in [1.29, 1.82) is 0 Å². The third kappa shape index (κ3) is 2.88. The van der Waals surface area contributed by atoms with Gasteiger partial charge in [-0.05, 0) is 48.5 Å². The highest BCUT2D eigenvalue weighted by Gasteiger charge is 2.16. The topological polar surface area (TPSA) is 88.1 Å². The molecule has 0 fully saturated rings. The van der Waals surface area contributed by atoms with Crippen molar-refractivity contribution in [1.82, 2.24) is 34.9 Å². The van der Waals surface area contributed by atoms with E-state index in [1.54, 1.807) is 29.2 Å². The third-order valence-electron chi connectivity index (χ3n) is 5.33. The van der Waals surface area contributed by atoms with Gasteiger partial charge in [-0.2, -0.15) is 10.2 Å². The van der Waals surface area contributed by atoms with E-state index in [0.717, 1.165) is 55.8 Å². The van der Waals surface area contributed by atoms with Gasteiger partial charge in [0, 0.05) is 41.5 Å². The fourth-order valence-electron chi connectivity index (χ4n) is 3.82. The lowest BCUT2D eigenvalue weighted by molar-refractivity contribution is 0.628. The number of fused-ring (bicyclic) bond motifs is 2. The van der Waals surface area contributed by atoms with Gasteiger partial charge in [-0.15, -0.1) is 0 Å². The molecule has 2 N–H and O–H groups in total. The molecule has 0 aliphatic rings. The number of rotatable bonds is 3. The van der Waals surface area contributed by atoms with Crippen LogP contribution in [0.2, 0.25) is 0 Å². The van der Waals surface area contributed by atoms with E-state index in [0.29, 0.717) is 0 Å². The van der Waals surface area contributed by atoms with Crippen molar-refractivity contribution in [2.24, 2.45) is 7.05 Å². The summed E-state index contributed by atoms with van der Waals surface area (Å²) < 4.78 is 15.1. The Bertz CT molecular complexity index is 1560. The number of nitrogens with zero attached hydrogens (tertiary/aromatic N) is 5. The number of pyridine rings is 2. The molecule has 0 unspecified atom stereocenters. The van der Waals surface area contributed by atoms with Crippen LogP contribution in [0.3, 0.4) is 0 Å². The van der Waals surface area contributed by atoms with Crippen molar-refractivity contribution in [3.8, 4) is 33.9 Å². The van der Waals surface area contributed by atoms with Crippen LogP contribution in [0, 0.1) is 5.82 Å². The molecule has 0 aliphatic heterocycles. The summed E-state index contributed by atoms with van der Waals surface area (Å²) in [5, 5.41) is 12.7. The molecule has 0 radical (unpaired) electrons. The highest BCUT2D eigenvalue weighted by atomic mass is 19.1. The number of hydrogen-bond donors (Lipinski definition) is 2. The zero-order valence-electron chi connectivity index (χ0n) is 16.5. The fourth-order valence-corrected chi connectivity index (χ4v) is 3.82. The lowest BCUT2D eigenvalue weighted by atomic mass is 10.1. The Kier molecular flexibility index (Phi) is 3.73. The Hall–Kier alpha value is -4.33. The molecule has 6 rings (SSSR count). The lowest BCUT2D eigenvalue weighted by Gasteiger charge is -2.02. The van der Waals surface area contributed by atoms with Gasteiger partial charge in [0.05, 0.1) is 28.8 Å². The van der Waals surface area contributed by atoms with Crippen molar-refractivity contribution >= 4 is 21.9 Å². The van der Waals surface area contributed by atoms with Gasteiger partial charge in [0.15, 0.2) is 0 Å². The Labute approximate surface area is 175 Å². The zero-order chi connectivity index (χ0) is 20.9. The summed E-state index contributed by atoms with van der Waals surface area (Å²) in [6.45, 7) is 0. The molecule has 0 aliphatic carbocycles. The predicted molar refractivity (Wildman–Crippen MR) is 117 cm³/mol. The molecule has 0 saturated heterocycles. The summed E-state index contributed by atoms with van der Waals surface area (Å²) >= 11 is 0. The summed E-state index contributed by atoms with van der Waals surface area (Å²) in [6, 6.07) is 14.2. The van der Waals surface area contributed by atoms with Gasteiger partial charge < -0.3 is 4.98 Å². The Morgan fingerprint density at radius 1 is 0.935 bits per heavy atom. The van der Waals surface area contributed by atoms with Crippen LogP contribution >= 0.6 is 0 Å². The van der Waals surface area contributed by atoms with Crippen LogP contribution in [0.25, 0.3) is 55.8 Å². The number of nitrogens with one attached hydrogen (secondary N) is 2. The number of halogens is 1. The third-order valence-corrected chi connectivity index (χ3v) is 5.33. The van der Waals surface area contributed by atoms with Gasteiger partial charge in [0.25, 0.3) is 0 Å². The van der Waals surface area contributed by atoms with E-state index in [4.69, 9.17) is 4.98 Å². The normalized spacial score (nSPS) is 11.5. The number of aromatic amines is 2. The number of hydrogen-bond acceptors (Lipinski definition) is 4. The maximum atomic E-state index is 13.4. The molecule has 150 valence electrons. The minimum absolute atomic E-state index is 0.274. The van der Waals surface area contributed by atoms with Crippen LogP contribution in [0.1, 0.15) is 0 Å². The lowest BCUT2D eigenvalue weighted by Crippen LogP contribution is -1.86. The summed E-state index contributed by atoms with van der Waals surface area (Å²) in [4.78, 5) is 12.8. The van der Waals surface area contributed by atoms with Crippen molar-refractivity contribution in [3.05, 3.63) is 72.9 Å². The summed E-state index contributed by atoms with van der Waals surface area (Å²) in [7, 11) is 1.88. The van der Waals surface area contributed by atoms with Crippen LogP contribution < -0.4 is 0 Å². The standard InChI is InChI=1S/C23H16FN7/c1-31-12-14(11-26-31)17-6-7-19-22(28-17)23(30-29-19)20-10-16-18(27-20)8-9-25-21(16)13-2-4-15(24)5-3-13/h2-12,27H,1H3,(H,29,30). The molecule has 0 spiro atoms. The molecule has 6 aromatic rings. The molecule has 7 nitrogen and oxygen atoms in total. The first-order valence-corrected chi connectivity index (χ1v) is 9.74. The van der Waals surface area contributed by atoms with E-state index in [1.165, 1.54) is 12.1 Å². The first kappa shape index (κ1) is 17.5. The molecule has 5 aromatic heterocycles. The quantitative estimate of drug-likeness (QED) is 0.443. The van der Waals surface area contributed by atoms with E-state index in [1.807, 2.05) is 37.5 Å². The van der Waals surface area contributed by atoms with E-state index in [2.05, 4.69) is 25.3 Å². The van der Waals surface area contributed by atoms with E-state index in [9.17, 15) is 4.39 Å². The predicted octanol–water partition coefficient (Wildman–Crippen LogP) is 4.71. The molecule has 0 amide bonds. The summed E-state index contributed by atoms with van der Waals surface area (Å²) in [5.74, 6) is -0.274. The van der Waals surface area contributed by atoms with Crippen LogP contribution in [0.4, 0.5) is 4.39 Å². The fraction of sp³-hybridized carbons (Fsp3) is 0.0435. The second-order valence-electron chi connectivity index (χ2n) is 7.38. The average Bonchev–Trinajstić information content (AvgIpc) is 3.51. The molecule has 31 heavy (non-hydrogen) atoms. The highest BCUT2D eigenvalue weighted by molar-refractivity contribution is 5.99. The van der Waals surface area contributed by atoms with Crippen molar-refractivity contribution < 1.29 is 4.39 Å². The summed E-state index contributed by atoms with van der Waals surface area (Å²) in [6.07, 6.45) is 5.46. The SMILES string of the molecule is Cn1cc(-c2ccc3[nH]nc(-c4cc5c(-c6ccc(F)cc6)nccc5[nH]4)c3n2)cn1. The van der Waals surface area contributed by atoms with Crippen molar-refractivity contribution in [3.63, 3.8) is 0 Å². The second-order valence-corrected chi connectivity index (χ2v) is 7.38. The molecule has 0 saturated carbocycles. The number of H-pyrrole nitrogens is 2. The van der Waals surface area contributed by atoms with Gasteiger partial charge in [-0.3, -0.25) is 14.8 Å². The molecular weight excluding hydrogens is 393 g/mol. The molecule has 1 aromatic carbocycles. The van der Waals surface area contributed by atoms with Crippen LogP contribution in [0.5, 0.6) is 0 Å². The largest absolute Gasteiger partial charge is 0.353 e. The second kappa shape index (κ2) is 6.60. The monoisotopic (exact) mass is 409 g/mol. The molecule has 0 atom stereocenters. The molecule has 8 heteroatoms. The van der Waals surface area contributed by atoms with E-state index in [-0.39, 0.29) is 5.82 Å². The number of aryl methyl sites for hydroxylation is 1. The maximum Gasteiger partial charge on any atom is 0.135 e. The van der Waals surface area contributed by atoms with E-state index < -0.39 is 0 Å². The van der Waals surface area contributed by atoms with Crippen LogP contribution in [-0.2, 0) is 7.05 Å². The smallest absolute Gasteiger partial charge is 0.135 e. The summed E-state index contributed by atoms with van der Waals surface area (Å²) in [5.41, 5.74) is 7.48. The minimum Gasteiger partial charge on any atom is -0.353 e. The maximum absolute atomic E-state index is 13.4. The minimum atomic E-state index is -0.274. The molecule has 5 heterocycles. The van der Waals surface area contributed by atoms with Crippen molar-refractivity contribution in [2.45, 2.75) is 0 Å². The van der Waals surface area contributed by atoms with Crippen LogP contribution in [0.15, 0.2) is 67.1 Å². The van der Waals surface area contributed by atoms with E-state index >= 15 is 0 Å². The number of aromatic nitrogens is 7. The molecular formula is C23H16FN7. The first-order chi connectivity index (χ1) is 15.2. The van der Waals surface area contributed by atoms with Gasteiger partial charge in [-0.1, -0.05) is 0 Å². The Morgan fingerprint density at radius 3 is 2.61 bits per heavy atom. The van der Waals surface area contributed by atoms with Gasteiger partial charge in [0.2, 0.25) is 0 Å². The first-order valence-electron chi connectivity index (χ1n) is 9.74. The van der Waals surface area contributed by atoms with Gasteiger partial charge >= 0.3 is 0 Å². The van der Waals surface area contributed by atoms with Gasteiger partial charge in [0.1, 0.15) is 17.0 Å². The van der Waals surface area contributed by atoms with Gasteiger partial charge in [-0.25, -0.2) is 9.37 Å². The van der Waals surface area contributed by atoms with Crippen LogP contribution in [-0.4, -0.2) is 34.9 Å². The zero-order valence-corrected chi connectivity index (χ0v) is 16.5. The van der Waals surface area contributed by atoms with Crippen molar-refractivity contribution in [2.75, 3.05) is 0 Å².